The largest absolute Gasteiger partial charge is 0.442 e. The van der Waals surface area contributed by atoms with Gasteiger partial charge >= 0.3 is 6.09 Å². The van der Waals surface area contributed by atoms with Crippen molar-refractivity contribution in [3.05, 3.63) is 53.8 Å². The molecule has 1 unspecified atom stereocenters. The van der Waals surface area contributed by atoms with Gasteiger partial charge in [0.05, 0.1) is 18.8 Å². The molecular formula is C23H28FN3O4. The van der Waals surface area contributed by atoms with E-state index in [0.717, 1.165) is 30.6 Å². The summed E-state index contributed by atoms with van der Waals surface area (Å²) in [5, 5.41) is 5.96. The van der Waals surface area contributed by atoms with Crippen LogP contribution in [0.25, 0.3) is 11.1 Å². The van der Waals surface area contributed by atoms with E-state index in [4.69, 9.17) is 9.53 Å². The van der Waals surface area contributed by atoms with Crippen LogP contribution in [0.4, 0.5) is 14.9 Å². The molecule has 1 heterocycles. The summed E-state index contributed by atoms with van der Waals surface area (Å²) in [6.45, 7) is 7.76. The van der Waals surface area contributed by atoms with Crippen molar-refractivity contribution in [1.29, 1.82) is 0 Å². The molecule has 2 aromatic rings. The average Bonchev–Trinajstić information content (AvgIpc) is 3.15. The average molecular weight is 429 g/mol. The molecule has 1 aliphatic heterocycles. The Hall–Kier alpha value is -3.26. The van der Waals surface area contributed by atoms with Crippen LogP contribution in [0.15, 0.2) is 42.5 Å². The van der Waals surface area contributed by atoms with Crippen molar-refractivity contribution in [2.24, 2.45) is 0 Å². The van der Waals surface area contributed by atoms with Crippen LogP contribution < -0.4 is 15.5 Å². The molecule has 1 saturated heterocycles. The second-order valence-electron chi connectivity index (χ2n) is 7.09. The predicted octanol–water partition coefficient (Wildman–Crippen LogP) is 3.27. The van der Waals surface area contributed by atoms with E-state index in [1.54, 1.807) is 12.1 Å². The third-order valence-corrected chi connectivity index (χ3v) is 4.74. The van der Waals surface area contributed by atoms with Gasteiger partial charge in [-0.1, -0.05) is 31.2 Å². The topological polar surface area (TPSA) is 87.7 Å². The van der Waals surface area contributed by atoms with Gasteiger partial charge in [0.1, 0.15) is 18.7 Å². The maximum atomic E-state index is 14.8. The number of rotatable bonds is 8. The summed E-state index contributed by atoms with van der Waals surface area (Å²) < 4.78 is 20.0. The number of cyclic esters (lactones) is 1. The zero-order valence-corrected chi connectivity index (χ0v) is 17.8. The van der Waals surface area contributed by atoms with E-state index >= 15 is 0 Å². The number of ether oxygens (including phenoxy) is 1. The molecule has 31 heavy (non-hydrogen) atoms. The van der Waals surface area contributed by atoms with Crippen molar-refractivity contribution in [1.82, 2.24) is 10.6 Å². The molecule has 8 heteroatoms. The summed E-state index contributed by atoms with van der Waals surface area (Å²) in [5.41, 5.74) is 2.83. The van der Waals surface area contributed by atoms with Crippen LogP contribution in [0.5, 0.6) is 0 Å². The molecule has 1 atom stereocenters. The summed E-state index contributed by atoms with van der Waals surface area (Å²) in [5.74, 6) is -0.598. The Morgan fingerprint density at radius 1 is 1.23 bits per heavy atom. The van der Waals surface area contributed by atoms with E-state index in [1.807, 2.05) is 31.1 Å². The molecule has 0 saturated carbocycles. The van der Waals surface area contributed by atoms with E-state index in [0.29, 0.717) is 11.3 Å². The third-order valence-electron chi connectivity index (χ3n) is 4.74. The van der Waals surface area contributed by atoms with Gasteiger partial charge in [-0.2, -0.15) is 0 Å². The second kappa shape index (κ2) is 11.8. The summed E-state index contributed by atoms with van der Waals surface area (Å²) >= 11 is 0. The number of nitrogens with zero attached hydrogens (tertiary/aromatic N) is 1. The van der Waals surface area contributed by atoms with Gasteiger partial charge in [0.25, 0.3) is 0 Å². The first-order valence-electron chi connectivity index (χ1n) is 10.1. The molecule has 3 rings (SSSR count). The first-order chi connectivity index (χ1) is 15.0. The molecule has 1 fully saturated rings. The standard InChI is InChI=1S/C22H26FN3O3.CH2O/c1-3-10-24-12-16-4-6-17(7-5-16)20-9-8-18(11-21(20)23)26-14-19(29-22(26)28)13-25-15(2)27;1-2/h4-9,11,19,24H,3,10,12-14H2,1-2H3,(H,25,27);1H2. The molecule has 0 aromatic heterocycles. The molecule has 0 aliphatic carbocycles. The van der Waals surface area contributed by atoms with Crippen molar-refractivity contribution in [2.75, 3.05) is 24.5 Å². The molecule has 2 amide bonds. The van der Waals surface area contributed by atoms with Crippen LogP contribution in [-0.4, -0.2) is 44.5 Å². The Morgan fingerprint density at radius 2 is 1.94 bits per heavy atom. The van der Waals surface area contributed by atoms with Gasteiger partial charge in [0, 0.05) is 19.0 Å². The number of benzene rings is 2. The molecule has 7 nitrogen and oxygen atoms in total. The minimum atomic E-state index is -0.545. The van der Waals surface area contributed by atoms with Crippen molar-refractivity contribution < 1.29 is 23.5 Å². The van der Waals surface area contributed by atoms with Gasteiger partial charge in [0.2, 0.25) is 5.91 Å². The number of carbonyl (C=O) groups is 3. The zero-order chi connectivity index (χ0) is 22.8. The number of hydrogen-bond donors (Lipinski definition) is 2. The molecule has 1 aliphatic rings. The number of hydrogen-bond acceptors (Lipinski definition) is 5. The lowest BCUT2D eigenvalue weighted by atomic mass is 10.0. The van der Waals surface area contributed by atoms with E-state index in [9.17, 15) is 14.0 Å². The minimum absolute atomic E-state index is 0.193. The molecule has 2 N–H and O–H groups in total. The summed E-state index contributed by atoms with van der Waals surface area (Å²) in [6.07, 6.45) is 0.0770. The van der Waals surface area contributed by atoms with Crippen molar-refractivity contribution in [2.45, 2.75) is 32.9 Å². The molecule has 0 bridgehead atoms. The van der Waals surface area contributed by atoms with Crippen molar-refractivity contribution >= 4 is 24.5 Å². The van der Waals surface area contributed by atoms with E-state index < -0.39 is 18.0 Å². The first-order valence-corrected chi connectivity index (χ1v) is 10.1. The maximum Gasteiger partial charge on any atom is 0.414 e. The number of nitrogens with one attached hydrogen (secondary N) is 2. The van der Waals surface area contributed by atoms with Gasteiger partial charge < -0.3 is 20.2 Å². The normalized spacial score (nSPS) is 15.1. The molecule has 2 aromatic carbocycles. The van der Waals surface area contributed by atoms with Gasteiger partial charge in [-0.25, -0.2) is 9.18 Å². The Bertz CT molecular complexity index is 889. The Balaban J connectivity index is 0.00000166. The monoisotopic (exact) mass is 429 g/mol. The first kappa shape index (κ1) is 24.0. The van der Waals surface area contributed by atoms with E-state index in [-0.39, 0.29) is 19.0 Å². The van der Waals surface area contributed by atoms with Gasteiger partial charge in [-0.15, -0.1) is 0 Å². The molecular weight excluding hydrogens is 401 g/mol. The van der Waals surface area contributed by atoms with Gasteiger partial charge in [0.15, 0.2) is 0 Å². The van der Waals surface area contributed by atoms with Crippen molar-refractivity contribution in [3.8, 4) is 11.1 Å². The highest BCUT2D eigenvalue weighted by Crippen LogP contribution is 2.29. The molecule has 166 valence electrons. The lowest BCUT2D eigenvalue weighted by Crippen LogP contribution is -2.33. The highest BCUT2D eigenvalue weighted by Gasteiger charge is 2.32. The molecule has 0 radical (unpaired) electrons. The maximum absolute atomic E-state index is 14.8. The van der Waals surface area contributed by atoms with Crippen LogP contribution >= 0.6 is 0 Å². The van der Waals surface area contributed by atoms with Crippen molar-refractivity contribution in [3.63, 3.8) is 0 Å². The fourth-order valence-electron chi connectivity index (χ4n) is 3.21. The number of carbonyl (C=O) groups excluding carboxylic acids is 3. The predicted molar refractivity (Wildman–Crippen MR) is 117 cm³/mol. The smallest absolute Gasteiger partial charge is 0.414 e. The van der Waals surface area contributed by atoms with Gasteiger partial charge in [-0.05, 0) is 42.3 Å². The highest BCUT2D eigenvalue weighted by molar-refractivity contribution is 5.90. The highest BCUT2D eigenvalue weighted by atomic mass is 19.1. The van der Waals surface area contributed by atoms with Crippen LogP contribution in [0.3, 0.4) is 0 Å². The van der Waals surface area contributed by atoms with Crippen LogP contribution in [0, 0.1) is 5.82 Å². The second-order valence-corrected chi connectivity index (χ2v) is 7.09. The lowest BCUT2D eigenvalue weighted by molar-refractivity contribution is -0.119. The summed E-state index contributed by atoms with van der Waals surface area (Å²) in [4.78, 5) is 32.5. The van der Waals surface area contributed by atoms with Crippen LogP contribution in [-0.2, 0) is 20.9 Å². The minimum Gasteiger partial charge on any atom is -0.442 e. The van der Waals surface area contributed by atoms with Crippen LogP contribution in [0.1, 0.15) is 25.8 Å². The summed E-state index contributed by atoms with van der Waals surface area (Å²) in [7, 11) is 0. The van der Waals surface area contributed by atoms with E-state index in [2.05, 4.69) is 17.6 Å². The van der Waals surface area contributed by atoms with Crippen LogP contribution in [0.2, 0.25) is 0 Å². The Kier molecular flexibility index (Phi) is 9.14. The Labute approximate surface area is 181 Å². The van der Waals surface area contributed by atoms with Gasteiger partial charge in [-0.3, -0.25) is 9.69 Å². The lowest BCUT2D eigenvalue weighted by Gasteiger charge is -2.15. The van der Waals surface area contributed by atoms with E-state index in [1.165, 1.54) is 17.9 Å². The number of halogens is 1. The fraction of sp³-hybridized carbons (Fsp3) is 0.348. The SMILES string of the molecule is C=O.CCCNCc1ccc(-c2ccc(N3CC(CNC(C)=O)OC3=O)cc2F)cc1. The Morgan fingerprint density at radius 3 is 2.55 bits per heavy atom. The fourth-order valence-corrected chi connectivity index (χ4v) is 3.21. The third kappa shape index (κ3) is 6.62. The number of anilines is 1. The summed E-state index contributed by atoms with van der Waals surface area (Å²) in [6, 6.07) is 12.5. The quantitative estimate of drug-likeness (QED) is 0.629. The molecule has 0 spiro atoms. The zero-order valence-electron chi connectivity index (χ0n) is 17.8. The number of amides is 2.